The number of aryl methyl sites for hydroxylation is 1. The molecule has 5 aromatic rings. The molecule has 4 aromatic carbocycles. The topological polar surface area (TPSA) is 46.7 Å². The van der Waals surface area contributed by atoms with Gasteiger partial charge in [0.25, 0.3) is 0 Å². The second kappa shape index (κ2) is 18.5. The van der Waals surface area contributed by atoms with E-state index >= 15 is 0 Å². The molecule has 0 bridgehead atoms. The number of aromatic amines is 1. The Hall–Kier alpha value is -3.32. The number of halogens is 1. The molecule has 0 saturated carbocycles. The van der Waals surface area contributed by atoms with Gasteiger partial charge in [-0.1, -0.05) is 42.0 Å². The van der Waals surface area contributed by atoms with Gasteiger partial charge in [0.15, 0.2) is 11.5 Å². The van der Waals surface area contributed by atoms with E-state index in [-0.39, 0.29) is 17.9 Å². The van der Waals surface area contributed by atoms with Crippen molar-refractivity contribution in [2.45, 2.75) is 38.5 Å². The van der Waals surface area contributed by atoms with Crippen LogP contribution in [-0.4, -0.2) is 138 Å². The Labute approximate surface area is 345 Å². The number of hydrogen-bond acceptors (Lipinski definition) is 4. The van der Waals surface area contributed by atoms with E-state index in [4.69, 9.17) is 76.1 Å². The lowest BCUT2D eigenvalue weighted by molar-refractivity contribution is 0.127. The van der Waals surface area contributed by atoms with Crippen LogP contribution in [0.1, 0.15) is 51.2 Å². The highest BCUT2D eigenvalue weighted by atomic mass is 19.1. The van der Waals surface area contributed by atoms with Crippen molar-refractivity contribution in [1.82, 2.24) is 9.88 Å². The Morgan fingerprint density at radius 2 is 1.50 bits per heavy atom. The molecular weight excluding hydrogens is 678 g/mol. The van der Waals surface area contributed by atoms with Crippen LogP contribution in [0.15, 0.2) is 78.9 Å². The Morgan fingerprint density at radius 1 is 0.821 bits per heavy atom. The Morgan fingerprint density at radius 3 is 2.11 bits per heavy atom. The van der Waals surface area contributed by atoms with Gasteiger partial charge in [-0.3, -0.25) is 4.90 Å². The first kappa shape index (κ1) is 42.3. The lowest BCUT2D eigenvalue weighted by Crippen LogP contribution is -2.73. The molecule has 2 unspecified atom stereocenters. The zero-order valence-corrected chi connectivity index (χ0v) is 32.2. The van der Waals surface area contributed by atoms with E-state index in [1.807, 2.05) is 18.2 Å². The van der Waals surface area contributed by atoms with Crippen molar-refractivity contribution in [3.05, 3.63) is 124 Å². The Bertz CT molecular complexity index is 2080. The summed E-state index contributed by atoms with van der Waals surface area (Å²) in [5, 5.41) is 1.17. The smallest absolute Gasteiger partial charge is 0.162 e. The van der Waals surface area contributed by atoms with Gasteiger partial charge in [0.2, 0.25) is 0 Å². The van der Waals surface area contributed by atoms with Crippen molar-refractivity contribution >= 4 is 118 Å². The molecule has 2 aliphatic heterocycles. The Kier molecular flexibility index (Phi) is 14.0. The number of fused-ring (bicyclic) bond motifs is 6. The highest BCUT2D eigenvalue weighted by Crippen LogP contribution is 2.50. The third kappa shape index (κ3) is 9.03. The molecule has 56 heavy (non-hydrogen) atoms. The fraction of sp³-hybridized carbons (Fsp3) is 0.257. The summed E-state index contributed by atoms with van der Waals surface area (Å²) in [5.74, 6) is 2.11. The lowest BCUT2D eigenvalue weighted by Gasteiger charge is -2.46. The first-order chi connectivity index (χ1) is 26.8. The summed E-state index contributed by atoms with van der Waals surface area (Å²) in [5.41, 5.74) is 9.48. The first-order valence-corrected chi connectivity index (χ1v) is 18.8. The van der Waals surface area contributed by atoms with Gasteiger partial charge in [0.1, 0.15) is 18.2 Å². The number of aromatic nitrogens is 1. The van der Waals surface area contributed by atoms with Crippen molar-refractivity contribution < 1.29 is 18.6 Å². The highest BCUT2D eigenvalue weighted by molar-refractivity contribution is 8.12. The zero-order chi connectivity index (χ0) is 40.3. The van der Waals surface area contributed by atoms with E-state index in [1.54, 1.807) is 26.4 Å². The lowest BCUT2D eigenvalue weighted by atomic mass is 8.46. The third-order valence-corrected chi connectivity index (χ3v) is 11.1. The van der Waals surface area contributed by atoms with E-state index in [0.29, 0.717) is 6.61 Å². The molecule has 7 rings (SSSR count). The maximum atomic E-state index is 14.0. The molecule has 0 fully saturated rings. The SMILES string of the molecule is COc1ccc2[nH]c3c(c2c1)CC1c2cc(OCc4ccc(C)cc4)c(OC)cc2CCN1C3c1ccc(F)cc1.[B][B]B([B])B(B([B])[B])B(B([B])[B])B([B])[B]. The predicted octanol–water partition coefficient (Wildman–Crippen LogP) is 1.74. The third-order valence-electron chi connectivity index (χ3n) is 11.1. The van der Waals surface area contributed by atoms with Crippen LogP contribution in [0.25, 0.3) is 10.9 Å². The second-order valence-electron chi connectivity index (χ2n) is 14.7. The van der Waals surface area contributed by atoms with Gasteiger partial charge >= 0.3 is 0 Å². The van der Waals surface area contributed by atoms with Crippen LogP contribution in [0.4, 0.5) is 4.39 Å². The minimum atomic E-state index is -0.754. The zero-order valence-electron chi connectivity index (χ0n) is 32.2. The molecule has 21 heteroatoms. The summed E-state index contributed by atoms with van der Waals surface area (Å²) in [7, 11) is 49.2. The van der Waals surface area contributed by atoms with Crippen molar-refractivity contribution in [2.24, 2.45) is 0 Å². The molecule has 0 amide bonds. The average molecular weight is 711 g/mol. The van der Waals surface area contributed by atoms with Crippen LogP contribution >= 0.6 is 0 Å². The van der Waals surface area contributed by atoms with Gasteiger partial charge < -0.3 is 19.2 Å². The first-order valence-electron chi connectivity index (χ1n) is 18.8. The summed E-state index contributed by atoms with van der Waals surface area (Å²) in [6, 6.07) is 26.0. The molecule has 2 aliphatic rings. The largest absolute Gasteiger partial charge is 0.497 e. The predicted molar refractivity (Wildman–Crippen MR) is 245 cm³/mol. The van der Waals surface area contributed by atoms with E-state index in [0.717, 1.165) is 53.3 Å². The van der Waals surface area contributed by atoms with Crippen LogP contribution < -0.4 is 14.2 Å². The van der Waals surface area contributed by atoms with Crippen molar-refractivity contribution in [1.29, 1.82) is 0 Å². The molecule has 0 aliphatic carbocycles. The van der Waals surface area contributed by atoms with E-state index in [9.17, 15) is 4.39 Å². The Balaban J connectivity index is 0.000000303. The van der Waals surface area contributed by atoms with E-state index in [2.05, 4.69) is 65.3 Å². The molecule has 253 valence electrons. The van der Waals surface area contributed by atoms with Crippen LogP contribution in [0.3, 0.4) is 0 Å². The fourth-order valence-corrected chi connectivity index (χ4v) is 8.24. The van der Waals surface area contributed by atoms with Crippen LogP contribution in [0.5, 0.6) is 17.2 Å². The molecular formula is C35H33B15FN2O3. The fourth-order valence-electron chi connectivity index (χ4n) is 8.24. The average Bonchev–Trinajstić information content (AvgIpc) is 3.55. The molecule has 0 saturated heterocycles. The monoisotopic (exact) mass is 713 g/mol. The maximum Gasteiger partial charge on any atom is 0.162 e. The number of nitrogens with zero attached hydrogens (tertiary/aromatic N) is 1. The number of ether oxygens (including phenoxy) is 3. The standard InChI is InChI=1S/C35H33FN2O3.B15/c1-21-4-6-22(7-5-21)20-41-33-19-27-24(16-32(33)40-3)14-15-38-31(27)18-29-28-17-26(39-2)12-13-30(28)37-34(29)35(38)23-8-10-25(36)11-9-23;1-9-13(8)15(12(6)7)14(10(2)3)11(4)5/h4-13,16-17,19,31,35,37H,14-15,18,20H2,1-3H3;. The minimum absolute atomic E-state index is 0.0325. The number of methoxy groups -OCH3 is 2. The van der Waals surface area contributed by atoms with Crippen molar-refractivity contribution in [3.63, 3.8) is 0 Å². The highest BCUT2D eigenvalue weighted by Gasteiger charge is 2.41. The van der Waals surface area contributed by atoms with Gasteiger partial charge in [-0.25, -0.2) is 4.39 Å². The van der Waals surface area contributed by atoms with E-state index in [1.165, 1.54) is 40.4 Å². The number of nitrogens with one attached hydrogen (secondary N) is 1. The van der Waals surface area contributed by atoms with Crippen molar-refractivity contribution in [3.8, 4) is 17.2 Å². The molecule has 1 N–H and O–H groups in total. The quantitative estimate of drug-likeness (QED) is 0.201. The maximum absolute atomic E-state index is 14.0. The van der Waals surface area contributed by atoms with E-state index < -0.39 is 38.3 Å². The molecule has 3 heterocycles. The van der Waals surface area contributed by atoms with Gasteiger partial charge in [-0.2, -0.15) is 0 Å². The molecule has 5 nitrogen and oxygen atoms in total. The molecule has 17 radical (unpaired) electrons. The van der Waals surface area contributed by atoms with Gasteiger partial charge in [-0.05, 0) is 90.0 Å². The number of hydrogen-bond donors (Lipinski definition) is 1. The summed E-state index contributed by atoms with van der Waals surface area (Å²) in [4.78, 5) is 6.28. The summed E-state index contributed by atoms with van der Waals surface area (Å²) in [6.45, 7) is 3.43. The summed E-state index contributed by atoms with van der Waals surface area (Å²) in [6.07, 6.45) is -2.03. The molecule has 2 atom stereocenters. The number of benzene rings is 4. The normalized spacial score (nSPS) is 15.5. The van der Waals surface area contributed by atoms with Crippen LogP contribution in [0.2, 0.25) is 0 Å². The van der Waals surface area contributed by atoms with Crippen molar-refractivity contribution in [2.75, 3.05) is 20.8 Å². The molecule has 1 aromatic heterocycles. The van der Waals surface area contributed by atoms with Gasteiger partial charge in [0, 0.05) is 136 Å². The number of H-pyrrole nitrogens is 1. The summed E-state index contributed by atoms with van der Waals surface area (Å²) >= 11 is 0. The summed E-state index contributed by atoms with van der Waals surface area (Å²) < 4.78 is 31.7. The van der Waals surface area contributed by atoms with Crippen LogP contribution in [-0.2, 0) is 19.4 Å². The van der Waals surface area contributed by atoms with Crippen LogP contribution in [0, 0.1) is 12.7 Å². The number of rotatable bonds is 12. The minimum Gasteiger partial charge on any atom is -0.497 e. The van der Waals surface area contributed by atoms with Gasteiger partial charge in [0.05, 0.1) is 20.3 Å². The molecule has 0 spiro atoms. The van der Waals surface area contributed by atoms with Gasteiger partial charge in [-0.15, -0.1) is 0 Å². The second-order valence-corrected chi connectivity index (χ2v) is 14.7.